The number of nitrogens with one attached hydrogen (secondary N) is 2. The van der Waals surface area contributed by atoms with Crippen molar-refractivity contribution < 1.29 is 13.2 Å². The monoisotopic (exact) mass is 312 g/mol. The lowest BCUT2D eigenvalue weighted by Crippen LogP contribution is -2.40. The van der Waals surface area contributed by atoms with Crippen LogP contribution in [0.2, 0.25) is 0 Å². The molecular weight excluding hydrogens is 288 g/mol. The third kappa shape index (κ3) is 3.75. The molecule has 118 valence electrons. The second-order valence-electron chi connectivity index (χ2n) is 5.62. The largest absolute Gasteiger partial charge is 0.495 e. The fourth-order valence-electron chi connectivity index (χ4n) is 2.59. The highest BCUT2D eigenvalue weighted by Gasteiger charge is 2.29. The maximum Gasteiger partial charge on any atom is 0.244 e. The summed E-state index contributed by atoms with van der Waals surface area (Å²) in [6, 6.07) is 5.15. The van der Waals surface area contributed by atoms with E-state index in [4.69, 9.17) is 4.74 Å². The van der Waals surface area contributed by atoms with Gasteiger partial charge in [-0.15, -0.1) is 0 Å². The summed E-state index contributed by atoms with van der Waals surface area (Å²) in [4.78, 5) is 0.205. The lowest BCUT2D eigenvalue weighted by molar-refractivity contribution is 0.260. The van der Waals surface area contributed by atoms with E-state index in [0.717, 1.165) is 18.4 Å². The zero-order chi connectivity index (χ0) is 15.5. The molecule has 1 fully saturated rings. The van der Waals surface area contributed by atoms with Gasteiger partial charge in [0.1, 0.15) is 10.6 Å². The van der Waals surface area contributed by atoms with Crippen LogP contribution in [0.4, 0.5) is 0 Å². The van der Waals surface area contributed by atoms with E-state index in [-0.39, 0.29) is 10.9 Å². The summed E-state index contributed by atoms with van der Waals surface area (Å²) < 4.78 is 33.1. The van der Waals surface area contributed by atoms with Crippen LogP contribution in [0.25, 0.3) is 0 Å². The molecule has 2 rings (SSSR count). The minimum Gasteiger partial charge on any atom is -0.495 e. The smallest absolute Gasteiger partial charge is 0.244 e. The quantitative estimate of drug-likeness (QED) is 0.807. The summed E-state index contributed by atoms with van der Waals surface area (Å²) in [5.41, 5.74) is 0.986. The Balaban J connectivity index is 2.21. The average molecular weight is 312 g/mol. The highest BCUT2D eigenvalue weighted by Crippen LogP contribution is 2.31. The molecule has 1 aliphatic carbocycles. The molecule has 0 saturated heterocycles. The van der Waals surface area contributed by atoms with Crippen molar-refractivity contribution in [2.45, 2.75) is 43.7 Å². The molecule has 0 aromatic heterocycles. The standard InChI is InChI=1S/C15H24N2O3S/c1-11(13-5-4-6-13)17-21(18,19)15-8-7-12(10-16-2)9-14(15)20-3/h7-9,11,13,16-17H,4-6,10H2,1-3H3. The lowest BCUT2D eigenvalue weighted by Gasteiger charge is -2.31. The zero-order valence-corrected chi connectivity index (χ0v) is 13.7. The van der Waals surface area contributed by atoms with Crippen LogP contribution in [0.3, 0.4) is 0 Å². The molecule has 2 N–H and O–H groups in total. The van der Waals surface area contributed by atoms with Crippen LogP contribution in [-0.4, -0.2) is 28.6 Å². The van der Waals surface area contributed by atoms with Crippen molar-refractivity contribution in [3.63, 3.8) is 0 Å². The fraction of sp³-hybridized carbons (Fsp3) is 0.600. The van der Waals surface area contributed by atoms with E-state index in [1.807, 2.05) is 20.0 Å². The predicted molar refractivity (Wildman–Crippen MR) is 82.9 cm³/mol. The Hall–Kier alpha value is -1.11. The molecule has 0 aliphatic heterocycles. The molecule has 21 heavy (non-hydrogen) atoms. The normalized spacial score (nSPS) is 17.3. The van der Waals surface area contributed by atoms with E-state index in [0.29, 0.717) is 18.2 Å². The van der Waals surface area contributed by atoms with Crippen LogP contribution < -0.4 is 14.8 Å². The summed E-state index contributed by atoms with van der Waals surface area (Å²) >= 11 is 0. The molecular formula is C15H24N2O3S. The Kier molecular flexibility index (Phi) is 5.24. The van der Waals surface area contributed by atoms with E-state index in [9.17, 15) is 8.42 Å². The van der Waals surface area contributed by atoms with E-state index in [1.54, 1.807) is 12.1 Å². The van der Waals surface area contributed by atoms with Gasteiger partial charge in [0.05, 0.1) is 7.11 Å². The predicted octanol–water partition coefficient (Wildman–Crippen LogP) is 1.88. The Morgan fingerprint density at radius 1 is 1.38 bits per heavy atom. The minimum atomic E-state index is -3.55. The molecule has 0 heterocycles. The Morgan fingerprint density at radius 2 is 2.10 bits per heavy atom. The van der Waals surface area contributed by atoms with Gasteiger partial charge in [-0.3, -0.25) is 0 Å². The minimum absolute atomic E-state index is 0.0366. The van der Waals surface area contributed by atoms with Crippen LogP contribution in [0, 0.1) is 5.92 Å². The number of ether oxygens (including phenoxy) is 1. The van der Waals surface area contributed by atoms with Gasteiger partial charge in [-0.05, 0) is 50.4 Å². The van der Waals surface area contributed by atoms with Gasteiger partial charge < -0.3 is 10.1 Å². The molecule has 0 radical (unpaired) electrons. The van der Waals surface area contributed by atoms with Gasteiger partial charge in [0.25, 0.3) is 0 Å². The topological polar surface area (TPSA) is 67.4 Å². The highest BCUT2D eigenvalue weighted by atomic mass is 32.2. The SMILES string of the molecule is CNCc1ccc(S(=O)(=O)NC(C)C2CCC2)c(OC)c1. The average Bonchev–Trinajstić information content (AvgIpc) is 2.35. The van der Waals surface area contributed by atoms with Crippen LogP contribution in [0.5, 0.6) is 5.75 Å². The second kappa shape index (κ2) is 6.77. The number of rotatable bonds is 7. The van der Waals surface area contributed by atoms with Crippen molar-refractivity contribution in [1.82, 2.24) is 10.0 Å². The van der Waals surface area contributed by atoms with Crippen LogP contribution in [0.15, 0.2) is 23.1 Å². The molecule has 1 aromatic carbocycles. The summed E-state index contributed by atoms with van der Waals surface area (Å²) in [6.07, 6.45) is 3.39. The van der Waals surface area contributed by atoms with Gasteiger partial charge in [0, 0.05) is 12.6 Å². The molecule has 6 heteroatoms. The van der Waals surface area contributed by atoms with Gasteiger partial charge in [0.15, 0.2) is 0 Å². The number of sulfonamides is 1. The maximum atomic E-state index is 12.5. The molecule has 0 amide bonds. The lowest BCUT2D eigenvalue weighted by atomic mass is 9.81. The van der Waals surface area contributed by atoms with Crippen LogP contribution in [-0.2, 0) is 16.6 Å². The molecule has 0 bridgehead atoms. The first kappa shape index (κ1) is 16.3. The van der Waals surface area contributed by atoms with Gasteiger partial charge in [-0.2, -0.15) is 0 Å². The highest BCUT2D eigenvalue weighted by molar-refractivity contribution is 7.89. The summed E-state index contributed by atoms with van der Waals surface area (Å²) in [6.45, 7) is 2.60. The number of hydrogen-bond acceptors (Lipinski definition) is 4. The maximum absolute atomic E-state index is 12.5. The molecule has 1 aliphatic rings. The molecule has 1 saturated carbocycles. The van der Waals surface area contributed by atoms with E-state index >= 15 is 0 Å². The first-order chi connectivity index (χ1) is 9.97. The van der Waals surface area contributed by atoms with Crippen LogP contribution >= 0.6 is 0 Å². The number of hydrogen-bond donors (Lipinski definition) is 2. The Labute approximate surface area is 127 Å². The van der Waals surface area contributed by atoms with Crippen LogP contribution in [0.1, 0.15) is 31.7 Å². The van der Waals surface area contributed by atoms with Crippen molar-refractivity contribution in [3.05, 3.63) is 23.8 Å². The van der Waals surface area contributed by atoms with E-state index < -0.39 is 10.0 Å². The van der Waals surface area contributed by atoms with E-state index in [1.165, 1.54) is 13.5 Å². The summed E-state index contributed by atoms with van der Waals surface area (Å²) in [5, 5.41) is 3.04. The van der Waals surface area contributed by atoms with Crippen molar-refractivity contribution in [3.8, 4) is 5.75 Å². The van der Waals surface area contributed by atoms with E-state index in [2.05, 4.69) is 10.0 Å². The summed E-state index contributed by atoms with van der Waals surface area (Å²) in [5.74, 6) is 0.838. The van der Waals surface area contributed by atoms with Gasteiger partial charge in [-0.25, -0.2) is 13.1 Å². The number of methoxy groups -OCH3 is 1. The third-order valence-electron chi connectivity index (χ3n) is 4.10. The van der Waals surface area contributed by atoms with Gasteiger partial charge in [0.2, 0.25) is 10.0 Å². The first-order valence-corrected chi connectivity index (χ1v) is 8.80. The van der Waals surface area contributed by atoms with Gasteiger partial charge >= 0.3 is 0 Å². The molecule has 5 nitrogen and oxygen atoms in total. The zero-order valence-electron chi connectivity index (χ0n) is 12.8. The molecule has 1 atom stereocenters. The van der Waals surface area contributed by atoms with Crippen molar-refractivity contribution in [2.75, 3.05) is 14.2 Å². The molecule has 1 aromatic rings. The van der Waals surface area contributed by atoms with Crippen molar-refractivity contribution in [1.29, 1.82) is 0 Å². The fourth-order valence-corrected chi connectivity index (χ4v) is 4.06. The molecule has 0 spiro atoms. The summed E-state index contributed by atoms with van der Waals surface area (Å²) in [7, 11) is -0.211. The van der Waals surface area contributed by atoms with Gasteiger partial charge in [-0.1, -0.05) is 12.5 Å². The van der Waals surface area contributed by atoms with Crippen molar-refractivity contribution >= 4 is 10.0 Å². The first-order valence-electron chi connectivity index (χ1n) is 7.31. The third-order valence-corrected chi connectivity index (χ3v) is 5.69. The van der Waals surface area contributed by atoms with Crippen molar-refractivity contribution in [2.24, 2.45) is 5.92 Å². The Bertz CT molecular complexity index is 583. The molecule has 1 unspecified atom stereocenters. The second-order valence-corrected chi connectivity index (χ2v) is 7.30. The Morgan fingerprint density at radius 3 is 2.62 bits per heavy atom. The number of benzene rings is 1.